The molecule has 0 radical (unpaired) electrons. The molecule has 0 aliphatic carbocycles. The van der Waals surface area contributed by atoms with Crippen LogP contribution in [0.1, 0.15) is 36.7 Å². The number of carbonyl (C=O) groups is 4. The number of carboxylic acids is 1. The van der Waals surface area contributed by atoms with Crippen LogP contribution < -0.4 is 10.6 Å². The number of carbonyl (C=O) groups excluding carboxylic acids is 3. The molecule has 13 heteroatoms. The van der Waals surface area contributed by atoms with E-state index in [1.54, 1.807) is 6.92 Å². The number of benzene rings is 1. The average Bonchev–Trinajstić information content (AvgIpc) is 2.97. The Kier molecular flexibility index (Phi) is 11.8. The number of aromatic nitrogens is 2. The molecule has 0 bridgehead atoms. The molecule has 3 N–H and O–H groups in total. The van der Waals surface area contributed by atoms with Gasteiger partial charge in [-0.25, -0.2) is 14.8 Å². The molecule has 1 saturated heterocycles. The fourth-order valence-corrected chi connectivity index (χ4v) is 4.28. The van der Waals surface area contributed by atoms with Crippen LogP contribution in [0.4, 0.5) is 10.6 Å². The van der Waals surface area contributed by atoms with E-state index in [0.717, 1.165) is 18.5 Å². The van der Waals surface area contributed by atoms with Crippen LogP contribution in [0.3, 0.4) is 0 Å². The van der Waals surface area contributed by atoms with Crippen LogP contribution in [0.2, 0.25) is 0 Å². The van der Waals surface area contributed by atoms with E-state index in [0.29, 0.717) is 18.2 Å². The Labute approximate surface area is 239 Å². The Morgan fingerprint density at radius 2 is 1.73 bits per heavy atom. The number of aliphatic carboxylic acids is 1. The molecule has 2 heterocycles. The third kappa shape index (κ3) is 9.71. The lowest BCUT2D eigenvalue weighted by molar-refractivity contribution is -0.138. The van der Waals surface area contributed by atoms with Gasteiger partial charge in [-0.2, -0.15) is 0 Å². The van der Waals surface area contributed by atoms with Crippen molar-refractivity contribution >= 4 is 29.7 Å². The van der Waals surface area contributed by atoms with Crippen molar-refractivity contribution in [3.8, 4) is 11.4 Å². The second kappa shape index (κ2) is 15.5. The van der Waals surface area contributed by atoms with Gasteiger partial charge < -0.3 is 35.2 Å². The lowest BCUT2D eigenvalue weighted by atomic mass is 10.1. The Balaban J connectivity index is 1.78. The Hall–Kier alpha value is -4.26. The molecule has 0 unspecified atom stereocenters. The third-order valence-electron chi connectivity index (χ3n) is 6.45. The molecule has 1 aliphatic heterocycles. The summed E-state index contributed by atoms with van der Waals surface area (Å²) in [5.41, 5.74) is 0.769. The van der Waals surface area contributed by atoms with E-state index in [9.17, 15) is 24.3 Å². The lowest BCUT2D eigenvalue weighted by Gasteiger charge is -2.35. The molecular weight excluding hydrogens is 530 g/mol. The lowest BCUT2D eigenvalue weighted by Crippen LogP contribution is -2.56. The highest BCUT2D eigenvalue weighted by molar-refractivity contribution is 5.97. The molecule has 2 aromatic rings. The first-order valence-corrected chi connectivity index (χ1v) is 13.7. The number of nitrogens with zero attached hydrogens (tertiary/aromatic N) is 5. The molecule has 1 fully saturated rings. The highest BCUT2D eigenvalue weighted by Crippen LogP contribution is 2.18. The van der Waals surface area contributed by atoms with E-state index in [1.807, 2.05) is 44.4 Å². The second-order valence-corrected chi connectivity index (χ2v) is 9.88. The zero-order valence-electron chi connectivity index (χ0n) is 23.8. The second-order valence-electron chi connectivity index (χ2n) is 9.88. The van der Waals surface area contributed by atoms with Crippen LogP contribution in [0.5, 0.6) is 0 Å². The average molecular weight is 570 g/mol. The van der Waals surface area contributed by atoms with Crippen molar-refractivity contribution in [3.05, 3.63) is 42.1 Å². The maximum atomic E-state index is 13.4. The van der Waals surface area contributed by atoms with Crippen molar-refractivity contribution in [2.24, 2.45) is 0 Å². The number of carboxylic acid groups (broad SMARTS) is 1. The van der Waals surface area contributed by atoms with E-state index in [2.05, 4.69) is 25.5 Å². The maximum Gasteiger partial charge on any atom is 0.409 e. The van der Waals surface area contributed by atoms with Gasteiger partial charge in [0.2, 0.25) is 5.91 Å². The van der Waals surface area contributed by atoms with Crippen molar-refractivity contribution in [2.75, 3.05) is 65.3 Å². The molecule has 1 aromatic carbocycles. The summed E-state index contributed by atoms with van der Waals surface area (Å²) in [6, 6.07) is 9.67. The Bertz CT molecular complexity index is 1190. The predicted octanol–water partition coefficient (Wildman–Crippen LogP) is 1.77. The summed E-state index contributed by atoms with van der Waals surface area (Å²) in [4.78, 5) is 64.3. The van der Waals surface area contributed by atoms with Gasteiger partial charge in [0.05, 0.1) is 6.61 Å². The van der Waals surface area contributed by atoms with Crippen molar-refractivity contribution in [3.63, 3.8) is 0 Å². The van der Waals surface area contributed by atoms with Gasteiger partial charge in [-0.3, -0.25) is 14.4 Å². The minimum absolute atomic E-state index is 0.0502. The Morgan fingerprint density at radius 3 is 2.37 bits per heavy atom. The monoisotopic (exact) mass is 569 g/mol. The summed E-state index contributed by atoms with van der Waals surface area (Å²) in [5, 5.41) is 15.2. The summed E-state index contributed by atoms with van der Waals surface area (Å²) in [6.07, 6.45) is 0.00926. The SMILES string of the molecule is CCOC(=O)N1CCN(C(=O)[C@H](CCC(=O)O)NC(=O)c2cc(NCCCN(C)C)nc(-c3ccccc3)n2)CC1. The molecule has 41 heavy (non-hydrogen) atoms. The van der Waals surface area contributed by atoms with Gasteiger partial charge in [0.1, 0.15) is 17.6 Å². The highest BCUT2D eigenvalue weighted by atomic mass is 16.6. The molecule has 3 rings (SSSR count). The summed E-state index contributed by atoms with van der Waals surface area (Å²) < 4.78 is 5.03. The molecule has 13 nitrogen and oxygen atoms in total. The van der Waals surface area contributed by atoms with Gasteiger partial charge >= 0.3 is 12.1 Å². The zero-order chi connectivity index (χ0) is 29.8. The van der Waals surface area contributed by atoms with Crippen LogP contribution in [-0.2, 0) is 14.3 Å². The van der Waals surface area contributed by atoms with Crippen LogP contribution in [0.25, 0.3) is 11.4 Å². The fourth-order valence-electron chi connectivity index (χ4n) is 4.28. The molecule has 222 valence electrons. The van der Waals surface area contributed by atoms with Gasteiger partial charge in [0, 0.05) is 50.8 Å². The van der Waals surface area contributed by atoms with Crippen LogP contribution in [0.15, 0.2) is 36.4 Å². The van der Waals surface area contributed by atoms with Gasteiger partial charge in [-0.1, -0.05) is 30.3 Å². The van der Waals surface area contributed by atoms with Gasteiger partial charge in [-0.05, 0) is 40.4 Å². The van der Waals surface area contributed by atoms with Crippen LogP contribution in [-0.4, -0.2) is 120 Å². The van der Waals surface area contributed by atoms with Crippen molar-refractivity contribution in [1.29, 1.82) is 0 Å². The van der Waals surface area contributed by atoms with E-state index < -0.39 is 29.9 Å². The number of ether oxygens (including phenoxy) is 1. The number of piperazine rings is 1. The normalized spacial score (nSPS) is 14.0. The predicted molar refractivity (Wildman–Crippen MR) is 152 cm³/mol. The van der Waals surface area contributed by atoms with Crippen molar-refractivity contribution < 1.29 is 29.0 Å². The summed E-state index contributed by atoms with van der Waals surface area (Å²) >= 11 is 0. The largest absolute Gasteiger partial charge is 0.481 e. The van der Waals surface area contributed by atoms with Crippen molar-refractivity contribution in [2.45, 2.75) is 32.2 Å². The highest BCUT2D eigenvalue weighted by Gasteiger charge is 2.31. The van der Waals surface area contributed by atoms with E-state index in [4.69, 9.17) is 4.74 Å². The first kappa shape index (κ1) is 31.3. The Morgan fingerprint density at radius 1 is 1.05 bits per heavy atom. The number of hydrogen-bond acceptors (Lipinski definition) is 9. The summed E-state index contributed by atoms with van der Waals surface area (Å²) in [5.74, 6) is -1.30. The van der Waals surface area contributed by atoms with E-state index >= 15 is 0 Å². The van der Waals surface area contributed by atoms with Gasteiger partial charge in [0.25, 0.3) is 5.91 Å². The van der Waals surface area contributed by atoms with Crippen molar-refractivity contribution in [1.82, 2.24) is 30.0 Å². The number of hydrogen-bond donors (Lipinski definition) is 3. The number of amides is 3. The number of nitrogens with one attached hydrogen (secondary N) is 2. The standard InChI is InChI=1S/C28H39N7O6/c1-4-41-28(40)35-17-15-34(16-18-35)27(39)21(11-12-24(36)37)31-26(38)22-19-23(29-13-8-14-33(2)3)32-25(30-22)20-9-6-5-7-10-20/h5-7,9-10,19,21H,4,8,11-18H2,1-3H3,(H,31,38)(H,36,37)(H,29,30,32)/t21-/m0/s1. The van der Waals surface area contributed by atoms with Gasteiger partial charge in [-0.15, -0.1) is 0 Å². The number of rotatable bonds is 13. The summed E-state index contributed by atoms with van der Waals surface area (Å²) in [6.45, 7) is 4.51. The first-order valence-electron chi connectivity index (χ1n) is 13.7. The zero-order valence-corrected chi connectivity index (χ0v) is 23.8. The molecule has 1 aromatic heterocycles. The topological polar surface area (TPSA) is 157 Å². The smallest absolute Gasteiger partial charge is 0.409 e. The first-order chi connectivity index (χ1) is 19.7. The minimum Gasteiger partial charge on any atom is -0.481 e. The molecule has 0 saturated carbocycles. The van der Waals surface area contributed by atoms with Crippen LogP contribution in [0, 0.1) is 0 Å². The molecule has 1 atom stereocenters. The molecule has 1 aliphatic rings. The molecular formula is C28H39N7O6. The quantitative estimate of drug-likeness (QED) is 0.304. The molecule has 3 amide bonds. The van der Waals surface area contributed by atoms with Crippen LogP contribution >= 0.6 is 0 Å². The van der Waals surface area contributed by atoms with Gasteiger partial charge in [0.15, 0.2) is 5.82 Å². The maximum absolute atomic E-state index is 13.4. The van der Waals surface area contributed by atoms with E-state index in [1.165, 1.54) is 15.9 Å². The fraction of sp³-hybridized carbons (Fsp3) is 0.500. The molecule has 0 spiro atoms. The number of anilines is 1. The van der Waals surface area contributed by atoms with E-state index in [-0.39, 0.29) is 51.3 Å². The summed E-state index contributed by atoms with van der Waals surface area (Å²) in [7, 11) is 3.98. The third-order valence-corrected chi connectivity index (χ3v) is 6.45. The minimum atomic E-state index is -1.08.